The molecule has 2 N–H and O–H groups in total. The van der Waals surface area contributed by atoms with Crippen molar-refractivity contribution in [1.82, 2.24) is 0 Å². The molecule has 8 heteroatoms. The second-order valence-electron chi connectivity index (χ2n) is 6.08. The van der Waals surface area contributed by atoms with Gasteiger partial charge in [0.1, 0.15) is 23.0 Å². The minimum atomic E-state index is -0.205. The van der Waals surface area contributed by atoms with E-state index in [9.17, 15) is 9.59 Å². The fourth-order valence-corrected chi connectivity index (χ4v) is 2.64. The third kappa shape index (κ3) is 6.31. The zero-order chi connectivity index (χ0) is 21.2. The molecule has 0 fully saturated rings. The molecule has 2 aromatic carbocycles. The highest BCUT2D eigenvalue weighted by molar-refractivity contribution is 5.94. The molecule has 0 aliphatic carbocycles. The van der Waals surface area contributed by atoms with Crippen molar-refractivity contribution in [3.8, 4) is 23.0 Å². The van der Waals surface area contributed by atoms with Gasteiger partial charge in [0.2, 0.25) is 11.8 Å². The SMILES string of the molecule is COc1ccc(NC(=O)CCCC(=O)Nc2ccc(OC)cc2OC)c(OC)c1. The van der Waals surface area contributed by atoms with Crippen molar-refractivity contribution >= 4 is 23.2 Å². The van der Waals surface area contributed by atoms with Crippen LogP contribution in [0.4, 0.5) is 11.4 Å². The predicted octanol–water partition coefficient (Wildman–Crippen LogP) is 3.47. The molecular weight excluding hydrogens is 376 g/mol. The first-order chi connectivity index (χ1) is 14.0. The molecule has 0 aliphatic heterocycles. The average molecular weight is 402 g/mol. The van der Waals surface area contributed by atoms with E-state index in [0.717, 1.165) is 0 Å². The number of carbonyl (C=O) groups is 2. The molecule has 2 aromatic rings. The minimum Gasteiger partial charge on any atom is -0.497 e. The molecule has 0 bridgehead atoms. The maximum Gasteiger partial charge on any atom is 0.224 e. The van der Waals surface area contributed by atoms with Gasteiger partial charge in [-0.2, -0.15) is 0 Å². The second-order valence-corrected chi connectivity index (χ2v) is 6.08. The van der Waals surface area contributed by atoms with Gasteiger partial charge in [0.05, 0.1) is 39.8 Å². The summed E-state index contributed by atoms with van der Waals surface area (Å²) >= 11 is 0. The summed E-state index contributed by atoms with van der Waals surface area (Å²) in [5.41, 5.74) is 1.09. The van der Waals surface area contributed by atoms with Gasteiger partial charge in [-0.3, -0.25) is 9.59 Å². The van der Waals surface area contributed by atoms with Crippen molar-refractivity contribution in [3.63, 3.8) is 0 Å². The fraction of sp³-hybridized carbons (Fsp3) is 0.333. The first kappa shape index (κ1) is 21.9. The van der Waals surface area contributed by atoms with Crippen molar-refractivity contribution in [2.24, 2.45) is 0 Å². The van der Waals surface area contributed by atoms with Gasteiger partial charge >= 0.3 is 0 Å². The van der Waals surface area contributed by atoms with Crippen LogP contribution in [0.5, 0.6) is 23.0 Å². The number of amides is 2. The number of methoxy groups -OCH3 is 4. The molecule has 8 nitrogen and oxygen atoms in total. The number of hydrogen-bond donors (Lipinski definition) is 2. The number of ether oxygens (including phenoxy) is 4. The van der Waals surface area contributed by atoms with E-state index in [1.54, 1.807) is 50.6 Å². The molecule has 0 aromatic heterocycles. The van der Waals surface area contributed by atoms with Crippen LogP contribution in [0.1, 0.15) is 19.3 Å². The van der Waals surface area contributed by atoms with Gasteiger partial charge in [-0.05, 0) is 30.7 Å². The van der Waals surface area contributed by atoms with Crippen LogP contribution in [0.3, 0.4) is 0 Å². The van der Waals surface area contributed by atoms with Crippen LogP contribution in [0.25, 0.3) is 0 Å². The van der Waals surface area contributed by atoms with E-state index in [1.165, 1.54) is 14.2 Å². The van der Waals surface area contributed by atoms with Crippen molar-refractivity contribution in [2.75, 3.05) is 39.1 Å². The first-order valence-electron chi connectivity index (χ1n) is 9.04. The molecule has 0 saturated heterocycles. The normalized spacial score (nSPS) is 10.1. The average Bonchev–Trinajstić information content (AvgIpc) is 2.74. The van der Waals surface area contributed by atoms with Crippen molar-refractivity contribution in [2.45, 2.75) is 19.3 Å². The monoisotopic (exact) mass is 402 g/mol. The van der Waals surface area contributed by atoms with Crippen molar-refractivity contribution in [3.05, 3.63) is 36.4 Å². The molecular formula is C21H26N2O6. The molecule has 0 spiro atoms. The second kappa shape index (κ2) is 10.8. The van der Waals surface area contributed by atoms with E-state index in [0.29, 0.717) is 40.8 Å². The Morgan fingerprint density at radius 2 is 1.10 bits per heavy atom. The van der Waals surface area contributed by atoms with E-state index in [2.05, 4.69) is 10.6 Å². The Balaban J connectivity index is 1.84. The van der Waals surface area contributed by atoms with Crippen molar-refractivity contribution in [1.29, 1.82) is 0 Å². The van der Waals surface area contributed by atoms with Crippen LogP contribution in [-0.2, 0) is 9.59 Å². The summed E-state index contributed by atoms with van der Waals surface area (Å²) < 4.78 is 20.8. The molecule has 29 heavy (non-hydrogen) atoms. The van der Waals surface area contributed by atoms with Crippen LogP contribution in [0.15, 0.2) is 36.4 Å². The van der Waals surface area contributed by atoms with Gasteiger partial charge in [0.15, 0.2) is 0 Å². The topological polar surface area (TPSA) is 95.1 Å². The molecule has 0 heterocycles. The quantitative estimate of drug-likeness (QED) is 0.632. The number of hydrogen-bond acceptors (Lipinski definition) is 6. The highest BCUT2D eigenvalue weighted by atomic mass is 16.5. The van der Waals surface area contributed by atoms with Gasteiger partial charge < -0.3 is 29.6 Å². The minimum absolute atomic E-state index is 0.197. The molecule has 0 unspecified atom stereocenters. The van der Waals surface area contributed by atoms with E-state index in [4.69, 9.17) is 18.9 Å². The third-order valence-electron chi connectivity index (χ3n) is 4.17. The highest BCUT2D eigenvalue weighted by Crippen LogP contribution is 2.30. The lowest BCUT2D eigenvalue weighted by Gasteiger charge is -2.12. The molecule has 2 amide bonds. The van der Waals surface area contributed by atoms with E-state index in [1.807, 2.05) is 0 Å². The lowest BCUT2D eigenvalue weighted by atomic mass is 10.2. The number of rotatable bonds is 10. The van der Waals surface area contributed by atoms with Gasteiger partial charge in [0.25, 0.3) is 0 Å². The van der Waals surface area contributed by atoms with Gasteiger partial charge in [-0.25, -0.2) is 0 Å². The number of nitrogens with one attached hydrogen (secondary N) is 2. The summed E-state index contributed by atoms with van der Waals surface area (Å²) in [5, 5.41) is 5.56. The summed E-state index contributed by atoms with van der Waals surface area (Å²) in [6.45, 7) is 0. The van der Waals surface area contributed by atoms with Crippen molar-refractivity contribution < 1.29 is 28.5 Å². The zero-order valence-electron chi connectivity index (χ0n) is 17.0. The maximum absolute atomic E-state index is 12.2. The standard InChI is InChI=1S/C21H26N2O6/c1-26-14-8-10-16(18(12-14)28-3)22-20(24)6-5-7-21(25)23-17-11-9-15(27-2)13-19(17)29-4/h8-13H,5-7H2,1-4H3,(H,22,24)(H,23,25). The van der Waals surface area contributed by atoms with Crippen LogP contribution < -0.4 is 29.6 Å². The summed E-state index contributed by atoms with van der Waals surface area (Å²) in [5.74, 6) is 1.85. The molecule has 2 rings (SSSR count). The Morgan fingerprint density at radius 3 is 1.45 bits per heavy atom. The van der Waals surface area contributed by atoms with E-state index >= 15 is 0 Å². The Labute approximate surface area is 170 Å². The van der Waals surface area contributed by atoms with Crippen LogP contribution in [0.2, 0.25) is 0 Å². The molecule has 156 valence electrons. The van der Waals surface area contributed by atoms with Crippen LogP contribution in [-0.4, -0.2) is 40.3 Å². The Bertz CT molecular complexity index is 784. The summed E-state index contributed by atoms with van der Waals surface area (Å²) in [6.07, 6.45) is 0.791. The summed E-state index contributed by atoms with van der Waals surface area (Å²) in [7, 11) is 6.14. The number of benzene rings is 2. The maximum atomic E-state index is 12.2. The van der Waals surface area contributed by atoms with Gasteiger partial charge in [-0.15, -0.1) is 0 Å². The first-order valence-corrected chi connectivity index (χ1v) is 9.04. The van der Waals surface area contributed by atoms with E-state index < -0.39 is 0 Å². The molecule has 0 radical (unpaired) electrons. The largest absolute Gasteiger partial charge is 0.497 e. The van der Waals surface area contributed by atoms with E-state index in [-0.39, 0.29) is 24.7 Å². The highest BCUT2D eigenvalue weighted by Gasteiger charge is 2.12. The van der Waals surface area contributed by atoms with Gasteiger partial charge in [-0.1, -0.05) is 0 Å². The number of carbonyl (C=O) groups excluding carboxylic acids is 2. The summed E-state index contributed by atoms with van der Waals surface area (Å²) in [4.78, 5) is 24.4. The lowest BCUT2D eigenvalue weighted by molar-refractivity contribution is -0.117. The third-order valence-corrected chi connectivity index (χ3v) is 4.17. The molecule has 0 aliphatic rings. The smallest absolute Gasteiger partial charge is 0.224 e. The predicted molar refractivity (Wildman–Crippen MR) is 110 cm³/mol. The van der Waals surface area contributed by atoms with Crippen LogP contribution >= 0.6 is 0 Å². The molecule has 0 saturated carbocycles. The van der Waals surface area contributed by atoms with Crippen LogP contribution in [0, 0.1) is 0 Å². The Kier molecular flexibility index (Phi) is 8.14. The summed E-state index contributed by atoms with van der Waals surface area (Å²) in [6, 6.07) is 10.2. The lowest BCUT2D eigenvalue weighted by Crippen LogP contribution is -2.15. The zero-order valence-corrected chi connectivity index (χ0v) is 17.0. The Morgan fingerprint density at radius 1 is 0.690 bits per heavy atom. The fourth-order valence-electron chi connectivity index (χ4n) is 2.64. The Hall–Kier alpha value is -3.42. The molecule has 0 atom stereocenters. The number of anilines is 2. The van der Waals surface area contributed by atoms with Gasteiger partial charge in [0, 0.05) is 25.0 Å².